The lowest BCUT2D eigenvalue weighted by Crippen LogP contribution is -1.90. The third kappa shape index (κ3) is 3.48. The molecule has 0 aliphatic rings. The van der Waals surface area contributed by atoms with Gasteiger partial charge in [-0.2, -0.15) is 5.10 Å². The van der Waals surface area contributed by atoms with Gasteiger partial charge in [0.05, 0.1) is 12.1 Å². The molecule has 6 heteroatoms. The van der Waals surface area contributed by atoms with Crippen molar-refractivity contribution in [1.29, 1.82) is 0 Å². The largest absolute Gasteiger partial charge is 0.262 e. The number of halogens is 1. The molecular weight excluding hydrogens is 352 g/mol. The molecule has 0 fully saturated rings. The molecular formula is C19H15ClN4S. The summed E-state index contributed by atoms with van der Waals surface area (Å²) in [5.41, 5.74) is 3.08. The average molecular weight is 367 g/mol. The fourth-order valence-electron chi connectivity index (χ4n) is 2.64. The number of aromatic amines is 1. The molecule has 0 aliphatic heterocycles. The average Bonchev–Trinajstić information content (AvgIpc) is 3.23. The third-order valence-electron chi connectivity index (χ3n) is 3.84. The number of aromatic nitrogens is 4. The van der Waals surface area contributed by atoms with Crippen LogP contribution in [-0.2, 0) is 6.42 Å². The minimum Gasteiger partial charge on any atom is -0.262 e. The highest BCUT2D eigenvalue weighted by Crippen LogP contribution is 2.29. The molecule has 0 saturated heterocycles. The summed E-state index contributed by atoms with van der Waals surface area (Å²) in [6.07, 6.45) is 0.638. The number of benzene rings is 2. The minimum absolute atomic E-state index is 0.638. The van der Waals surface area contributed by atoms with Crippen LogP contribution in [-0.4, -0.2) is 20.2 Å². The molecule has 2 heterocycles. The molecule has 0 spiro atoms. The number of hydrogen-bond donors (Lipinski definition) is 1. The standard InChI is InChI=1S/C19H15ClN4S/c1-12-18(13-7-9-15(20)10-8-13)22-17(25-12)11-16-21-19(24-23-16)14-5-3-2-4-6-14/h2-10H,11H2,1H3,(H,21,23,24). The van der Waals surface area contributed by atoms with E-state index in [2.05, 4.69) is 22.1 Å². The van der Waals surface area contributed by atoms with Crippen LogP contribution in [0.3, 0.4) is 0 Å². The van der Waals surface area contributed by atoms with E-state index in [9.17, 15) is 0 Å². The molecule has 0 bridgehead atoms. The second-order valence-corrected chi connectivity index (χ2v) is 7.39. The number of nitrogens with one attached hydrogen (secondary N) is 1. The van der Waals surface area contributed by atoms with Gasteiger partial charge in [0.2, 0.25) is 0 Å². The van der Waals surface area contributed by atoms with Crippen LogP contribution >= 0.6 is 22.9 Å². The molecule has 0 unspecified atom stereocenters. The van der Waals surface area contributed by atoms with Gasteiger partial charge in [-0.05, 0) is 19.1 Å². The van der Waals surface area contributed by atoms with E-state index >= 15 is 0 Å². The SMILES string of the molecule is Cc1sc(Cc2nc(-c3ccccc3)n[nH]2)nc1-c1ccc(Cl)cc1. The Morgan fingerprint density at radius 3 is 2.48 bits per heavy atom. The van der Waals surface area contributed by atoms with Crippen molar-refractivity contribution in [2.24, 2.45) is 0 Å². The van der Waals surface area contributed by atoms with E-state index in [4.69, 9.17) is 16.6 Å². The maximum Gasteiger partial charge on any atom is 0.181 e. The first-order valence-electron chi connectivity index (χ1n) is 7.88. The first-order valence-corrected chi connectivity index (χ1v) is 9.07. The number of H-pyrrole nitrogens is 1. The number of hydrogen-bond acceptors (Lipinski definition) is 4. The van der Waals surface area contributed by atoms with Gasteiger partial charge in [-0.15, -0.1) is 11.3 Å². The molecule has 4 rings (SSSR count). The van der Waals surface area contributed by atoms with Gasteiger partial charge in [-0.25, -0.2) is 9.97 Å². The van der Waals surface area contributed by atoms with Gasteiger partial charge in [0.1, 0.15) is 10.8 Å². The molecule has 1 N–H and O–H groups in total. The summed E-state index contributed by atoms with van der Waals surface area (Å²) in [5.74, 6) is 1.53. The summed E-state index contributed by atoms with van der Waals surface area (Å²) in [4.78, 5) is 10.5. The normalized spacial score (nSPS) is 11.0. The van der Waals surface area contributed by atoms with E-state index in [0.29, 0.717) is 12.2 Å². The van der Waals surface area contributed by atoms with Gasteiger partial charge >= 0.3 is 0 Å². The fraction of sp³-hybridized carbons (Fsp3) is 0.105. The van der Waals surface area contributed by atoms with Crippen LogP contribution < -0.4 is 0 Å². The van der Waals surface area contributed by atoms with Crippen molar-refractivity contribution in [2.45, 2.75) is 13.3 Å². The van der Waals surface area contributed by atoms with E-state index < -0.39 is 0 Å². The van der Waals surface area contributed by atoms with Crippen molar-refractivity contribution in [3.8, 4) is 22.6 Å². The Balaban J connectivity index is 1.57. The predicted octanol–water partition coefficient (Wildman–Crippen LogP) is 5.15. The van der Waals surface area contributed by atoms with Crippen molar-refractivity contribution < 1.29 is 0 Å². The Morgan fingerprint density at radius 2 is 1.72 bits per heavy atom. The van der Waals surface area contributed by atoms with Crippen molar-refractivity contribution in [3.05, 3.63) is 75.3 Å². The van der Waals surface area contributed by atoms with Gasteiger partial charge in [0.15, 0.2) is 5.82 Å². The van der Waals surface area contributed by atoms with Gasteiger partial charge < -0.3 is 0 Å². The summed E-state index contributed by atoms with van der Waals surface area (Å²) in [6, 6.07) is 17.7. The first kappa shape index (κ1) is 16.0. The van der Waals surface area contributed by atoms with Crippen LogP contribution in [0.25, 0.3) is 22.6 Å². The zero-order chi connectivity index (χ0) is 17.2. The van der Waals surface area contributed by atoms with Crippen LogP contribution in [0.2, 0.25) is 5.02 Å². The van der Waals surface area contributed by atoms with Gasteiger partial charge in [-0.1, -0.05) is 54.1 Å². The maximum atomic E-state index is 5.97. The Morgan fingerprint density at radius 1 is 0.960 bits per heavy atom. The Kier molecular flexibility index (Phi) is 4.34. The Labute approximate surface area is 154 Å². The first-order chi connectivity index (χ1) is 12.2. The summed E-state index contributed by atoms with van der Waals surface area (Å²) < 4.78 is 0. The monoisotopic (exact) mass is 366 g/mol. The zero-order valence-electron chi connectivity index (χ0n) is 13.5. The molecule has 2 aromatic carbocycles. The highest BCUT2D eigenvalue weighted by molar-refractivity contribution is 7.12. The molecule has 2 aromatic heterocycles. The Bertz CT molecular complexity index is 990. The molecule has 0 saturated carbocycles. The topological polar surface area (TPSA) is 54.5 Å². The minimum atomic E-state index is 0.638. The highest BCUT2D eigenvalue weighted by Gasteiger charge is 2.13. The summed E-state index contributed by atoms with van der Waals surface area (Å²) in [7, 11) is 0. The predicted molar refractivity (Wildman–Crippen MR) is 102 cm³/mol. The molecule has 4 nitrogen and oxygen atoms in total. The van der Waals surface area contributed by atoms with Crippen molar-refractivity contribution in [3.63, 3.8) is 0 Å². The van der Waals surface area contributed by atoms with Crippen molar-refractivity contribution >= 4 is 22.9 Å². The van der Waals surface area contributed by atoms with Crippen LogP contribution in [0.1, 0.15) is 15.7 Å². The van der Waals surface area contributed by atoms with E-state index in [-0.39, 0.29) is 0 Å². The van der Waals surface area contributed by atoms with Gasteiger partial charge in [0, 0.05) is 21.0 Å². The zero-order valence-corrected chi connectivity index (χ0v) is 15.1. The smallest absolute Gasteiger partial charge is 0.181 e. The molecule has 124 valence electrons. The van der Waals surface area contributed by atoms with Crippen LogP contribution in [0.4, 0.5) is 0 Å². The summed E-state index contributed by atoms with van der Waals surface area (Å²) in [5, 5.41) is 9.06. The number of rotatable bonds is 4. The molecule has 0 radical (unpaired) electrons. The third-order valence-corrected chi connectivity index (χ3v) is 5.06. The molecule has 0 amide bonds. The number of nitrogens with zero attached hydrogens (tertiary/aromatic N) is 3. The van der Waals surface area contributed by atoms with Crippen LogP contribution in [0, 0.1) is 6.92 Å². The number of aryl methyl sites for hydroxylation is 1. The van der Waals surface area contributed by atoms with E-state index in [1.165, 1.54) is 4.88 Å². The van der Waals surface area contributed by atoms with Crippen molar-refractivity contribution in [2.75, 3.05) is 0 Å². The second-order valence-electron chi connectivity index (χ2n) is 5.67. The number of thiazole rings is 1. The highest BCUT2D eigenvalue weighted by atomic mass is 35.5. The molecule has 0 aliphatic carbocycles. The van der Waals surface area contributed by atoms with E-state index in [0.717, 1.165) is 32.7 Å². The maximum absolute atomic E-state index is 5.97. The lowest BCUT2D eigenvalue weighted by molar-refractivity contribution is 0.963. The molecule has 4 aromatic rings. The molecule has 0 atom stereocenters. The summed E-state index contributed by atoms with van der Waals surface area (Å²) in [6.45, 7) is 2.08. The van der Waals surface area contributed by atoms with E-state index in [1.807, 2.05) is 54.6 Å². The van der Waals surface area contributed by atoms with Crippen LogP contribution in [0.5, 0.6) is 0 Å². The fourth-order valence-corrected chi connectivity index (χ4v) is 3.72. The second kappa shape index (κ2) is 6.78. The lowest BCUT2D eigenvalue weighted by atomic mass is 10.1. The van der Waals surface area contributed by atoms with Gasteiger partial charge in [-0.3, -0.25) is 5.10 Å². The Hall–Kier alpha value is -2.50. The van der Waals surface area contributed by atoms with Crippen molar-refractivity contribution in [1.82, 2.24) is 20.2 Å². The summed E-state index contributed by atoms with van der Waals surface area (Å²) >= 11 is 7.65. The van der Waals surface area contributed by atoms with E-state index in [1.54, 1.807) is 11.3 Å². The molecule has 25 heavy (non-hydrogen) atoms. The van der Waals surface area contributed by atoms with Crippen LogP contribution in [0.15, 0.2) is 54.6 Å². The lowest BCUT2D eigenvalue weighted by Gasteiger charge is -1.98. The quantitative estimate of drug-likeness (QED) is 0.543. The van der Waals surface area contributed by atoms with Gasteiger partial charge in [0.25, 0.3) is 0 Å².